The zero-order valence-electron chi connectivity index (χ0n) is 8.54. The summed E-state index contributed by atoms with van der Waals surface area (Å²) < 4.78 is 0. The van der Waals surface area contributed by atoms with Gasteiger partial charge in [0.1, 0.15) is 9.93 Å². The third-order valence-electron chi connectivity index (χ3n) is 1.44. The minimum Gasteiger partial charge on any atom is -0.477 e. The van der Waals surface area contributed by atoms with Crippen LogP contribution in [0.25, 0.3) is 0 Å². The Balaban J connectivity index is 2.81. The van der Waals surface area contributed by atoms with Gasteiger partial charge in [-0.25, -0.2) is 9.78 Å². The van der Waals surface area contributed by atoms with Crippen LogP contribution < -0.4 is 0 Å². The quantitative estimate of drug-likeness (QED) is 0.622. The highest BCUT2D eigenvalue weighted by atomic mass is 32.2. The molecule has 0 saturated heterocycles. The van der Waals surface area contributed by atoms with Crippen molar-refractivity contribution >= 4 is 17.7 Å². The zero-order chi connectivity index (χ0) is 11.3. The van der Waals surface area contributed by atoms with Gasteiger partial charge in [0.25, 0.3) is 0 Å². The first-order valence-corrected chi connectivity index (χ1v) is 5.11. The minimum atomic E-state index is -0.945. The van der Waals surface area contributed by atoms with Gasteiger partial charge in [-0.1, -0.05) is 17.8 Å². The topological polar surface area (TPSA) is 53.4 Å². The predicted molar refractivity (Wildman–Crippen MR) is 59.5 cm³/mol. The fraction of sp³-hybridized carbons (Fsp3) is 0.200. The van der Waals surface area contributed by atoms with E-state index in [2.05, 4.69) is 4.98 Å². The number of pyridine rings is 1. The number of aliphatic carboxylic acids is 1. The van der Waals surface area contributed by atoms with Gasteiger partial charge < -0.3 is 10.0 Å². The van der Waals surface area contributed by atoms with Crippen LogP contribution in [0.3, 0.4) is 0 Å². The Morgan fingerprint density at radius 1 is 1.53 bits per heavy atom. The number of hydrogen-bond donors (Lipinski definition) is 1. The molecule has 1 heterocycles. The van der Waals surface area contributed by atoms with E-state index in [0.29, 0.717) is 5.03 Å². The molecule has 0 aliphatic carbocycles. The molecule has 15 heavy (non-hydrogen) atoms. The van der Waals surface area contributed by atoms with Crippen molar-refractivity contribution in [3.63, 3.8) is 0 Å². The van der Waals surface area contributed by atoms with Crippen molar-refractivity contribution in [3.05, 3.63) is 35.5 Å². The summed E-state index contributed by atoms with van der Waals surface area (Å²) in [6, 6.07) is 5.39. The van der Waals surface area contributed by atoms with Crippen molar-refractivity contribution in [2.24, 2.45) is 0 Å². The molecule has 1 rings (SSSR count). The molecular formula is C10H12N2O2S. The highest BCUT2D eigenvalue weighted by Gasteiger charge is 2.10. The van der Waals surface area contributed by atoms with Crippen LogP contribution in [0.15, 0.2) is 40.5 Å². The molecule has 0 saturated carbocycles. The Bertz CT molecular complexity index is 363. The molecule has 0 fully saturated rings. The lowest BCUT2D eigenvalue weighted by atomic mass is 10.5. The third kappa shape index (κ3) is 4.03. The normalized spacial score (nSPS) is 11.2. The van der Waals surface area contributed by atoms with Gasteiger partial charge in [-0.15, -0.1) is 0 Å². The summed E-state index contributed by atoms with van der Waals surface area (Å²) >= 11 is 1.13. The van der Waals surface area contributed by atoms with Crippen molar-refractivity contribution in [2.45, 2.75) is 5.03 Å². The van der Waals surface area contributed by atoms with Crippen LogP contribution in [0.2, 0.25) is 0 Å². The lowest BCUT2D eigenvalue weighted by Crippen LogP contribution is -2.06. The van der Waals surface area contributed by atoms with E-state index in [1.54, 1.807) is 43.5 Å². The Labute approximate surface area is 92.6 Å². The number of carboxylic acid groups (broad SMARTS) is 1. The van der Waals surface area contributed by atoms with Gasteiger partial charge in [-0.2, -0.15) is 0 Å². The molecule has 0 aliphatic heterocycles. The van der Waals surface area contributed by atoms with Gasteiger partial charge in [0.05, 0.1) is 0 Å². The highest BCUT2D eigenvalue weighted by molar-refractivity contribution is 8.03. The fourth-order valence-electron chi connectivity index (χ4n) is 0.880. The molecule has 80 valence electrons. The zero-order valence-corrected chi connectivity index (χ0v) is 9.36. The van der Waals surface area contributed by atoms with Crippen molar-refractivity contribution in [1.82, 2.24) is 9.88 Å². The van der Waals surface area contributed by atoms with Gasteiger partial charge in [-0.3, -0.25) is 0 Å². The van der Waals surface area contributed by atoms with Gasteiger partial charge in [0.2, 0.25) is 0 Å². The van der Waals surface area contributed by atoms with Crippen molar-refractivity contribution in [2.75, 3.05) is 14.1 Å². The second-order valence-corrected chi connectivity index (χ2v) is 4.09. The first kappa shape index (κ1) is 11.6. The second kappa shape index (κ2) is 5.41. The summed E-state index contributed by atoms with van der Waals surface area (Å²) in [6.07, 6.45) is 3.19. The van der Waals surface area contributed by atoms with Crippen LogP contribution in [0, 0.1) is 0 Å². The monoisotopic (exact) mass is 224 g/mol. The average molecular weight is 224 g/mol. The molecule has 0 spiro atoms. The van der Waals surface area contributed by atoms with Crippen molar-refractivity contribution < 1.29 is 9.90 Å². The fourth-order valence-corrected chi connectivity index (χ4v) is 1.72. The largest absolute Gasteiger partial charge is 0.477 e. The van der Waals surface area contributed by atoms with E-state index >= 15 is 0 Å². The van der Waals surface area contributed by atoms with Crippen LogP contribution in [0.5, 0.6) is 0 Å². The molecule has 0 radical (unpaired) electrons. The number of hydrogen-bond acceptors (Lipinski definition) is 4. The maximum Gasteiger partial charge on any atom is 0.344 e. The highest BCUT2D eigenvalue weighted by Crippen LogP contribution is 2.24. The van der Waals surface area contributed by atoms with E-state index in [4.69, 9.17) is 5.11 Å². The van der Waals surface area contributed by atoms with Gasteiger partial charge in [-0.05, 0) is 12.1 Å². The Kier molecular flexibility index (Phi) is 4.17. The summed E-state index contributed by atoms with van der Waals surface area (Å²) in [6.45, 7) is 0. The maximum absolute atomic E-state index is 10.9. The van der Waals surface area contributed by atoms with Crippen molar-refractivity contribution in [3.8, 4) is 0 Å². The number of carbonyl (C=O) groups is 1. The van der Waals surface area contributed by atoms with Crippen LogP contribution >= 0.6 is 11.8 Å². The number of thioether (sulfide) groups is 1. The molecule has 0 amide bonds. The first-order chi connectivity index (χ1) is 7.09. The molecule has 0 bridgehead atoms. The molecule has 5 heteroatoms. The van der Waals surface area contributed by atoms with E-state index < -0.39 is 5.97 Å². The Hall–Kier alpha value is -1.49. The van der Waals surface area contributed by atoms with Crippen LogP contribution in [-0.2, 0) is 4.79 Å². The lowest BCUT2D eigenvalue weighted by Gasteiger charge is -2.07. The summed E-state index contributed by atoms with van der Waals surface area (Å²) in [5.41, 5.74) is 0. The Morgan fingerprint density at radius 3 is 2.73 bits per heavy atom. The average Bonchev–Trinajstić information content (AvgIpc) is 2.17. The van der Waals surface area contributed by atoms with Crippen molar-refractivity contribution in [1.29, 1.82) is 0 Å². The number of carboxylic acids is 1. The van der Waals surface area contributed by atoms with E-state index in [0.717, 1.165) is 11.8 Å². The van der Waals surface area contributed by atoms with Gasteiger partial charge >= 0.3 is 5.97 Å². The van der Waals surface area contributed by atoms with Gasteiger partial charge in [0.15, 0.2) is 0 Å². The van der Waals surface area contributed by atoms with Crippen LogP contribution in [-0.4, -0.2) is 35.1 Å². The number of rotatable bonds is 4. The first-order valence-electron chi connectivity index (χ1n) is 4.30. The second-order valence-electron chi connectivity index (χ2n) is 3.03. The summed E-state index contributed by atoms with van der Waals surface area (Å²) in [7, 11) is 3.56. The summed E-state index contributed by atoms with van der Waals surface area (Å²) in [5, 5.41) is 9.61. The van der Waals surface area contributed by atoms with Gasteiger partial charge in [0, 0.05) is 26.5 Å². The number of nitrogens with zero attached hydrogens (tertiary/aromatic N) is 2. The van der Waals surface area contributed by atoms with Crippen LogP contribution in [0.4, 0.5) is 0 Å². The molecule has 0 unspecified atom stereocenters. The molecule has 4 nitrogen and oxygen atoms in total. The molecule has 1 N–H and O–H groups in total. The molecule has 1 aromatic heterocycles. The summed E-state index contributed by atoms with van der Waals surface area (Å²) in [5.74, 6) is -0.945. The molecule has 0 aliphatic rings. The third-order valence-corrected chi connectivity index (χ3v) is 2.39. The standard InChI is InChI=1S/C10H12N2O2S/c1-12(2)7-8(10(13)14)15-9-5-3-4-6-11-9/h3-7H,1-2H3,(H,13,14). The SMILES string of the molecule is CN(C)C=C(Sc1ccccn1)C(=O)O. The molecule has 1 aromatic rings. The predicted octanol–water partition coefficient (Wildman–Crippen LogP) is 1.66. The Morgan fingerprint density at radius 2 is 2.27 bits per heavy atom. The van der Waals surface area contributed by atoms with E-state index in [9.17, 15) is 4.79 Å². The minimum absolute atomic E-state index is 0.249. The van der Waals surface area contributed by atoms with E-state index in [1.165, 1.54) is 0 Å². The smallest absolute Gasteiger partial charge is 0.344 e. The molecular weight excluding hydrogens is 212 g/mol. The lowest BCUT2D eigenvalue weighted by molar-refractivity contribution is -0.131. The number of aromatic nitrogens is 1. The summed E-state index contributed by atoms with van der Waals surface area (Å²) in [4.78, 5) is 16.9. The van der Waals surface area contributed by atoms with E-state index in [-0.39, 0.29) is 4.91 Å². The molecule has 0 atom stereocenters. The molecule has 0 aromatic carbocycles. The van der Waals surface area contributed by atoms with Crippen LogP contribution in [0.1, 0.15) is 0 Å². The van der Waals surface area contributed by atoms with E-state index in [1.807, 2.05) is 6.07 Å². The maximum atomic E-state index is 10.9.